The van der Waals surface area contributed by atoms with Gasteiger partial charge in [-0.3, -0.25) is 0 Å². The van der Waals surface area contributed by atoms with Gasteiger partial charge in [0.25, 0.3) is 0 Å². The number of ether oxygens (including phenoxy) is 1. The first-order valence-electron chi connectivity index (χ1n) is 3.71. The summed E-state index contributed by atoms with van der Waals surface area (Å²) >= 11 is 5.53. The van der Waals surface area contributed by atoms with Gasteiger partial charge in [0.1, 0.15) is 0 Å². The summed E-state index contributed by atoms with van der Waals surface area (Å²) in [6, 6.07) is 5.69. The maximum Gasteiger partial charge on any atom is 0.215 e. The molecular weight excluding hydrogens is 204 g/mol. The van der Waals surface area contributed by atoms with Crippen molar-refractivity contribution in [2.24, 2.45) is 0 Å². The SMILES string of the molecule is COc1c(O)sc2ccc(S)cc12. The summed E-state index contributed by atoms with van der Waals surface area (Å²) in [6.07, 6.45) is 0. The number of benzene rings is 1. The van der Waals surface area contributed by atoms with E-state index < -0.39 is 0 Å². The Morgan fingerprint density at radius 2 is 2.23 bits per heavy atom. The lowest BCUT2D eigenvalue weighted by molar-refractivity contribution is 0.385. The third kappa shape index (κ3) is 1.36. The maximum absolute atomic E-state index is 9.49. The van der Waals surface area contributed by atoms with Crippen LogP contribution in [0.25, 0.3) is 10.1 Å². The summed E-state index contributed by atoms with van der Waals surface area (Å²) in [5, 5.41) is 10.6. The first kappa shape index (κ1) is 8.72. The molecule has 0 atom stereocenters. The van der Waals surface area contributed by atoms with Crippen molar-refractivity contribution in [2.75, 3.05) is 7.11 Å². The van der Waals surface area contributed by atoms with E-state index in [4.69, 9.17) is 4.74 Å². The third-order valence-corrected chi connectivity index (χ3v) is 3.05. The molecule has 0 amide bonds. The molecule has 0 spiro atoms. The Bertz CT molecular complexity index is 448. The summed E-state index contributed by atoms with van der Waals surface area (Å²) in [6.45, 7) is 0. The van der Waals surface area contributed by atoms with E-state index in [0.29, 0.717) is 5.75 Å². The van der Waals surface area contributed by atoms with E-state index in [1.54, 1.807) is 7.11 Å². The molecule has 2 aromatic rings. The van der Waals surface area contributed by atoms with Gasteiger partial charge in [0.05, 0.1) is 7.11 Å². The Morgan fingerprint density at radius 3 is 2.92 bits per heavy atom. The fourth-order valence-electron chi connectivity index (χ4n) is 1.25. The lowest BCUT2D eigenvalue weighted by Gasteiger charge is -1.97. The largest absolute Gasteiger partial charge is 0.497 e. The van der Waals surface area contributed by atoms with Gasteiger partial charge < -0.3 is 9.84 Å². The van der Waals surface area contributed by atoms with Crippen LogP contribution in [0, 0.1) is 0 Å². The molecule has 1 aromatic heterocycles. The molecule has 0 aliphatic heterocycles. The summed E-state index contributed by atoms with van der Waals surface area (Å²) in [5.41, 5.74) is 0. The quantitative estimate of drug-likeness (QED) is 0.712. The Morgan fingerprint density at radius 1 is 1.46 bits per heavy atom. The summed E-state index contributed by atoms with van der Waals surface area (Å²) in [5.74, 6) is 0.538. The van der Waals surface area contributed by atoms with Crippen LogP contribution in [0.5, 0.6) is 10.8 Å². The number of aromatic hydroxyl groups is 1. The Balaban J connectivity index is 2.80. The minimum atomic E-state index is 0.219. The lowest BCUT2D eigenvalue weighted by atomic mass is 10.2. The first-order valence-corrected chi connectivity index (χ1v) is 4.97. The van der Waals surface area contributed by atoms with E-state index in [0.717, 1.165) is 15.0 Å². The highest BCUT2D eigenvalue weighted by Gasteiger charge is 2.11. The normalized spacial score (nSPS) is 10.6. The van der Waals surface area contributed by atoms with Crippen LogP contribution < -0.4 is 4.74 Å². The molecule has 0 aliphatic rings. The maximum atomic E-state index is 9.49. The van der Waals surface area contributed by atoms with Gasteiger partial charge in [-0.1, -0.05) is 11.3 Å². The van der Waals surface area contributed by atoms with Crippen LogP contribution in [0.2, 0.25) is 0 Å². The molecule has 1 N–H and O–H groups in total. The van der Waals surface area contributed by atoms with Crippen molar-refractivity contribution in [1.82, 2.24) is 0 Å². The zero-order valence-electron chi connectivity index (χ0n) is 6.94. The smallest absolute Gasteiger partial charge is 0.215 e. The zero-order valence-corrected chi connectivity index (χ0v) is 8.65. The molecule has 2 nitrogen and oxygen atoms in total. The number of fused-ring (bicyclic) bond motifs is 1. The van der Waals surface area contributed by atoms with Crippen molar-refractivity contribution < 1.29 is 9.84 Å². The van der Waals surface area contributed by atoms with Crippen LogP contribution in [0.4, 0.5) is 0 Å². The van der Waals surface area contributed by atoms with Gasteiger partial charge in [-0.25, -0.2) is 0 Å². The number of rotatable bonds is 1. The van der Waals surface area contributed by atoms with Gasteiger partial charge >= 0.3 is 0 Å². The van der Waals surface area contributed by atoms with Crippen LogP contribution in [0.1, 0.15) is 0 Å². The number of hydrogen-bond acceptors (Lipinski definition) is 4. The van der Waals surface area contributed by atoms with Gasteiger partial charge in [-0.05, 0) is 18.2 Å². The molecule has 4 heteroatoms. The van der Waals surface area contributed by atoms with E-state index in [1.807, 2.05) is 18.2 Å². The Kier molecular flexibility index (Phi) is 2.09. The number of thiol groups is 1. The average molecular weight is 212 g/mol. The van der Waals surface area contributed by atoms with E-state index in [-0.39, 0.29) is 5.06 Å². The van der Waals surface area contributed by atoms with E-state index >= 15 is 0 Å². The molecule has 1 aromatic carbocycles. The molecule has 2 rings (SSSR count). The topological polar surface area (TPSA) is 29.5 Å². The third-order valence-electron chi connectivity index (χ3n) is 1.81. The summed E-state index contributed by atoms with van der Waals surface area (Å²) in [7, 11) is 1.55. The van der Waals surface area contributed by atoms with Crippen molar-refractivity contribution >= 4 is 34.1 Å². The molecule has 0 radical (unpaired) electrons. The standard InChI is InChI=1S/C9H8O2S2/c1-11-8-6-4-5(12)2-3-7(6)13-9(8)10/h2-4,10,12H,1H3. The van der Waals surface area contributed by atoms with Crippen LogP contribution in [-0.4, -0.2) is 12.2 Å². The van der Waals surface area contributed by atoms with E-state index in [1.165, 1.54) is 11.3 Å². The van der Waals surface area contributed by atoms with Crippen LogP contribution in [0.15, 0.2) is 23.1 Å². The van der Waals surface area contributed by atoms with Gasteiger partial charge in [0, 0.05) is 15.0 Å². The van der Waals surface area contributed by atoms with Gasteiger partial charge in [-0.15, -0.1) is 12.6 Å². The second kappa shape index (κ2) is 3.12. The predicted molar refractivity (Wildman–Crippen MR) is 57.3 cm³/mol. The summed E-state index contributed by atoms with van der Waals surface area (Å²) < 4.78 is 6.09. The molecule has 13 heavy (non-hydrogen) atoms. The molecule has 0 saturated heterocycles. The van der Waals surface area contributed by atoms with Crippen molar-refractivity contribution in [1.29, 1.82) is 0 Å². The number of thiophene rings is 1. The zero-order chi connectivity index (χ0) is 9.42. The fraction of sp³-hybridized carbons (Fsp3) is 0.111. The van der Waals surface area contributed by atoms with Gasteiger partial charge in [-0.2, -0.15) is 0 Å². The first-order chi connectivity index (χ1) is 6.22. The fourth-order valence-corrected chi connectivity index (χ4v) is 2.34. The molecule has 68 valence electrons. The number of methoxy groups -OCH3 is 1. The Hall–Kier alpha value is -0.870. The van der Waals surface area contributed by atoms with E-state index in [9.17, 15) is 5.11 Å². The highest BCUT2D eigenvalue weighted by atomic mass is 32.1. The predicted octanol–water partition coefficient (Wildman–Crippen LogP) is 2.90. The van der Waals surface area contributed by atoms with Crippen molar-refractivity contribution in [2.45, 2.75) is 4.90 Å². The Labute approximate surface area is 85.2 Å². The van der Waals surface area contributed by atoms with Crippen LogP contribution >= 0.6 is 24.0 Å². The minimum Gasteiger partial charge on any atom is -0.497 e. The average Bonchev–Trinajstić information content (AvgIpc) is 2.40. The van der Waals surface area contributed by atoms with Crippen molar-refractivity contribution in [3.8, 4) is 10.8 Å². The highest BCUT2D eigenvalue weighted by molar-refractivity contribution is 7.80. The molecule has 0 fully saturated rings. The number of hydrogen-bond donors (Lipinski definition) is 2. The minimum absolute atomic E-state index is 0.219. The highest BCUT2D eigenvalue weighted by Crippen LogP contribution is 2.43. The molecule has 0 bridgehead atoms. The van der Waals surface area contributed by atoms with Gasteiger partial charge in [0.2, 0.25) is 5.06 Å². The lowest BCUT2D eigenvalue weighted by Crippen LogP contribution is -1.79. The molecule has 0 unspecified atom stereocenters. The molecule has 0 aliphatic carbocycles. The van der Waals surface area contributed by atoms with Crippen molar-refractivity contribution in [3.63, 3.8) is 0 Å². The van der Waals surface area contributed by atoms with Gasteiger partial charge in [0.15, 0.2) is 5.75 Å². The van der Waals surface area contributed by atoms with Crippen LogP contribution in [-0.2, 0) is 0 Å². The van der Waals surface area contributed by atoms with E-state index in [2.05, 4.69) is 12.6 Å². The molecule has 1 heterocycles. The molecular formula is C9H8O2S2. The monoisotopic (exact) mass is 212 g/mol. The molecule has 0 saturated carbocycles. The van der Waals surface area contributed by atoms with Crippen LogP contribution in [0.3, 0.4) is 0 Å². The summed E-state index contributed by atoms with van der Waals surface area (Å²) in [4.78, 5) is 0.864. The van der Waals surface area contributed by atoms with Crippen molar-refractivity contribution in [3.05, 3.63) is 18.2 Å². The second-order valence-electron chi connectivity index (χ2n) is 2.62. The second-order valence-corrected chi connectivity index (χ2v) is 4.17.